The number of nitrogens with one attached hydrogen (secondary N) is 2. The van der Waals surface area contributed by atoms with E-state index in [1.54, 1.807) is 19.1 Å². The molecule has 0 heterocycles. The van der Waals surface area contributed by atoms with Crippen LogP contribution in [0.15, 0.2) is 23.1 Å². The smallest absolute Gasteiger partial charge is 0.241 e. The quantitative estimate of drug-likeness (QED) is 0.749. The summed E-state index contributed by atoms with van der Waals surface area (Å²) in [5, 5.41) is 2.63. The second-order valence-electron chi connectivity index (χ2n) is 4.95. The molecule has 0 spiro atoms. The number of carbonyl (C=O) groups is 1. The Labute approximate surface area is 119 Å². The fourth-order valence-electron chi connectivity index (χ4n) is 1.61. The van der Waals surface area contributed by atoms with E-state index in [0.29, 0.717) is 11.3 Å². The number of carbonyl (C=O) groups excluding carboxylic acids is 1. The van der Waals surface area contributed by atoms with E-state index in [0.717, 1.165) is 0 Å². The number of rotatable bonds is 5. The average Bonchev–Trinajstić information content (AvgIpc) is 2.39. The molecule has 6 nitrogen and oxygen atoms in total. The van der Waals surface area contributed by atoms with Gasteiger partial charge in [-0.15, -0.1) is 0 Å². The minimum Gasteiger partial charge on any atom is -0.325 e. The van der Waals surface area contributed by atoms with Crippen molar-refractivity contribution in [1.82, 2.24) is 4.72 Å². The van der Waals surface area contributed by atoms with Crippen molar-refractivity contribution in [2.24, 2.45) is 11.7 Å². The predicted molar refractivity (Wildman–Crippen MR) is 78.9 cm³/mol. The van der Waals surface area contributed by atoms with Crippen LogP contribution in [-0.4, -0.2) is 27.4 Å². The molecule has 1 atom stereocenters. The van der Waals surface area contributed by atoms with Gasteiger partial charge in [-0.25, -0.2) is 13.1 Å². The summed E-state index contributed by atoms with van der Waals surface area (Å²) >= 11 is 0. The number of benzene rings is 1. The number of hydrogen-bond acceptors (Lipinski definition) is 4. The molecule has 0 bridgehead atoms. The molecule has 7 heteroatoms. The standard InChI is InChI=1S/C13H21N3O3S/c1-8(2)12(14)13(17)16-10-6-5-9(3)11(7-10)20(18,19)15-4/h5-8,12,15H,14H2,1-4H3,(H,16,17)/t12-/m1/s1. The zero-order valence-electron chi connectivity index (χ0n) is 12.1. The van der Waals surface area contributed by atoms with Gasteiger partial charge in [0, 0.05) is 5.69 Å². The van der Waals surface area contributed by atoms with Gasteiger partial charge in [-0.05, 0) is 37.6 Å². The maximum absolute atomic E-state index is 11.9. The van der Waals surface area contributed by atoms with E-state index < -0.39 is 16.1 Å². The van der Waals surface area contributed by atoms with Gasteiger partial charge >= 0.3 is 0 Å². The molecule has 1 amide bonds. The molecule has 4 N–H and O–H groups in total. The highest BCUT2D eigenvalue weighted by molar-refractivity contribution is 7.89. The van der Waals surface area contributed by atoms with Crippen molar-refractivity contribution in [2.45, 2.75) is 31.7 Å². The van der Waals surface area contributed by atoms with E-state index in [9.17, 15) is 13.2 Å². The summed E-state index contributed by atoms with van der Waals surface area (Å²) in [6.07, 6.45) is 0. The SMILES string of the molecule is CNS(=O)(=O)c1cc(NC(=O)[C@H](N)C(C)C)ccc1C. The van der Waals surface area contributed by atoms with Gasteiger partial charge in [0.25, 0.3) is 0 Å². The second kappa shape index (κ2) is 6.34. The van der Waals surface area contributed by atoms with Gasteiger partial charge in [0.05, 0.1) is 10.9 Å². The van der Waals surface area contributed by atoms with Gasteiger partial charge in [-0.2, -0.15) is 0 Å². The molecule has 20 heavy (non-hydrogen) atoms. The van der Waals surface area contributed by atoms with Gasteiger partial charge in [0.2, 0.25) is 15.9 Å². The van der Waals surface area contributed by atoms with Gasteiger partial charge in [0.1, 0.15) is 0 Å². The minimum absolute atomic E-state index is 0.000889. The number of nitrogens with two attached hydrogens (primary N) is 1. The number of amides is 1. The first-order valence-electron chi connectivity index (χ1n) is 6.29. The predicted octanol–water partition coefficient (Wildman–Crippen LogP) is 0.825. The van der Waals surface area contributed by atoms with E-state index in [2.05, 4.69) is 10.0 Å². The molecule has 1 rings (SSSR count). The van der Waals surface area contributed by atoms with Crippen molar-refractivity contribution in [3.8, 4) is 0 Å². The first-order valence-corrected chi connectivity index (χ1v) is 7.78. The lowest BCUT2D eigenvalue weighted by atomic mass is 10.0. The molecule has 0 aliphatic carbocycles. The molecule has 0 unspecified atom stereocenters. The topological polar surface area (TPSA) is 101 Å². The van der Waals surface area contributed by atoms with Gasteiger partial charge in [0.15, 0.2) is 0 Å². The summed E-state index contributed by atoms with van der Waals surface area (Å²) in [5.74, 6) is -0.336. The molecule has 0 aromatic heterocycles. The number of anilines is 1. The summed E-state index contributed by atoms with van der Waals surface area (Å²) in [6.45, 7) is 5.38. The largest absolute Gasteiger partial charge is 0.325 e. The third-order valence-electron chi connectivity index (χ3n) is 3.03. The van der Waals surface area contributed by atoms with Crippen LogP contribution in [0.25, 0.3) is 0 Å². The minimum atomic E-state index is -3.56. The summed E-state index contributed by atoms with van der Waals surface area (Å²) < 4.78 is 26.0. The molecular formula is C13H21N3O3S. The molecular weight excluding hydrogens is 278 g/mol. The Hall–Kier alpha value is -1.44. The highest BCUT2D eigenvalue weighted by Gasteiger charge is 2.19. The van der Waals surface area contributed by atoms with Crippen LogP contribution in [0.3, 0.4) is 0 Å². The second-order valence-corrected chi connectivity index (χ2v) is 6.80. The van der Waals surface area contributed by atoms with Crippen LogP contribution in [0, 0.1) is 12.8 Å². The summed E-state index contributed by atoms with van der Waals surface area (Å²) in [7, 11) is -2.21. The number of sulfonamides is 1. The van der Waals surface area contributed by atoms with E-state index in [1.165, 1.54) is 13.1 Å². The zero-order valence-corrected chi connectivity index (χ0v) is 12.9. The molecule has 0 radical (unpaired) electrons. The summed E-state index contributed by atoms with van der Waals surface area (Å²) in [5.41, 5.74) is 6.76. The fourth-order valence-corrected chi connectivity index (χ4v) is 2.60. The van der Waals surface area contributed by atoms with Crippen LogP contribution < -0.4 is 15.8 Å². The summed E-state index contributed by atoms with van der Waals surface area (Å²) in [6, 6.07) is 4.07. The monoisotopic (exact) mass is 299 g/mol. The first kappa shape index (κ1) is 16.6. The van der Waals surface area contributed by atoms with Crippen molar-refractivity contribution in [3.63, 3.8) is 0 Å². The number of hydrogen-bond donors (Lipinski definition) is 3. The van der Waals surface area contributed by atoms with Crippen LogP contribution in [0.5, 0.6) is 0 Å². The Bertz CT molecular complexity index is 597. The Morgan fingerprint density at radius 2 is 1.90 bits per heavy atom. The lowest BCUT2D eigenvalue weighted by Crippen LogP contribution is -2.39. The van der Waals surface area contributed by atoms with Crippen molar-refractivity contribution in [3.05, 3.63) is 23.8 Å². The van der Waals surface area contributed by atoms with Crippen LogP contribution in [0.1, 0.15) is 19.4 Å². The van der Waals surface area contributed by atoms with E-state index >= 15 is 0 Å². The molecule has 0 saturated carbocycles. The molecule has 0 aliphatic heterocycles. The Balaban J connectivity index is 3.06. The highest BCUT2D eigenvalue weighted by atomic mass is 32.2. The van der Waals surface area contributed by atoms with Crippen LogP contribution in [-0.2, 0) is 14.8 Å². The Morgan fingerprint density at radius 1 is 1.30 bits per heavy atom. The lowest BCUT2D eigenvalue weighted by molar-refractivity contribution is -0.118. The van der Waals surface area contributed by atoms with Crippen LogP contribution in [0.4, 0.5) is 5.69 Å². The molecule has 0 aliphatic rings. The lowest BCUT2D eigenvalue weighted by Gasteiger charge is -2.16. The molecule has 0 saturated heterocycles. The molecule has 1 aromatic carbocycles. The summed E-state index contributed by atoms with van der Waals surface area (Å²) in [4.78, 5) is 12.0. The van der Waals surface area contributed by atoms with Crippen LogP contribution >= 0.6 is 0 Å². The normalized spacial score (nSPS) is 13.3. The zero-order chi connectivity index (χ0) is 15.5. The maximum Gasteiger partial charge on any atom is 0.241 e. The first-order chi connectivity index (χ1) is 9.19. The average molecular weight is 299 g/mol. The third-order valence-corrected chi connectivity index (χ3v) is 4.59. The maximum atomic E-state index is 11.9. The third kappa shape index (κ3) is 3.78. The van der Waals surface area contributed by atoms with E-state index in [1.807, 2.05) is 13.8 Å². The van der Waals surface area contributed by atoms with Crippen molar-refractivity contribution >= 4 is 21.6 Å². The molecule has 0 fully saturated rings. The highest BCUT2D eigenvalue weighted by Crippen LogP contribution is 2.20. The van der Waals surface area contributed by atoms with Crippen molar-refractivity contribution in [2.75, 3.05) is 12.4 Å². The Kier molecular flexibility index (Phi) is 5.27. The van der Waals surface area contributed by atoms with Gasteiger partial charge in [-0.1, -0.05) is 19.9 Å². The van der Waals surface area contributed by atoms with Gasteiger partial charge < -0.3 is 11.1 Å². The Morgan fingerprint density at radius 3 is 2.40 bits per heavy atom. The number of aryl methyl sites for hydroxylation is 1. The molecule has 1 aromatic rings. The van der Waals surface area contributed by atoms with Crippen molar-refractivity contribution < 1.29 is 13.2 Å². The molecule has 112 valence electrons. The van der Waals surface area contributed by atoms with Gasteiger partial charge in [-0.3, -0.25) is 4.79 Å². The van der Waals surface area contributed by atoms with Crippen molar-refractivity contribution in [1.29, 1.82) is 0 Å². The fraction of sp³-hybridized carbons (Fsp3) is 0.462. The van der Waals surface area contributed by atoms with Crippen LogP contribution in [0.2, 0.25) is 0 Å². The van der Waals surface area contributed by atoms with E-state index in [-0.39, 0.29) is 16.7 Å². The van der Waals surface area contributed by atoms with E-state index in [4.69, 9.17) is 5.73 Å².